The molecule has 252 valence electrons. The Bertz CT molecular complexity index is 1730. The fourth-order valence-electron chi connectivity index (χ4n) is 7.01. The Kier molecular flexibility index (Phi) is 10.4. The van der Waals surface area contributed by atoms with Crippen molar-refractivity contribution in [2.24, 2.45) is 5.41 Å². The molecule has 0 radical (unpaired) electrons. The second-order valence-electron chi connectivity index (χ2n) is 12.7. The van der Waals surface area contributed by atoms with Crippen LogP contribution in [0.15, 0.2) is 72.3 Å². The van der Waals surface area contributed by atoms with E-state index in [4.69, 9.17) is 21.1 Å². The molecule has 1 saturated heterocycles. The summed E-state index contributed by atoms with van der Waals surface area (Å²) in [6.45, 7) is 5.21. The number of methoxy groups -OCH3 is 1. The first-order valence-electron chi connectivity index (χ1n) is 16.4. The van der Waals surface area contributed by atoms with Gasteiger partial charge in [0.25, 0.3) is 11.8 Å². The molecular formula is C37H40ClFN4O5. The fourth-order valence-corrected chi connectivity index (χ4v) is 7.21. The van der Waals surface area contributed by atoms with E-state index in [-0.39, 0.29) is 33.6 Å². The van der Waals surface area contributed by atoms with Crippen LogP contribution in [0, 0.1) is 11.2 Å². The van der Waals surface area contributed by atoms with E-state index in [9.17, 15) is 18.8 Å². The number of fused-ring (bicyclic) bond motifs is 1. The van der Waals surface area contributed by atoms with Gasteiger partial charge in [-0.15, -0.1) is 0 Å². The molecule has 1 aliphatic carbocycles. The zero-order valence-corrected chi connectivity index (χ0v) is 27.8. The van der Waals surface area contributed by atoms with Gasteiger partial charge in [-0.2, -0.15) is 0 Å². The van der Waals surface area contributed by atoms with E-state index in [2.05, 4.69) is 21.6 Å². The number of ether oxygens (including phenoxy) is 2. The van der Waals surface area contributed by atoms with Gasteiger partial charge in [-0.3, -0.25) is 19.3 Å². The molecule has 1 atom stereocenters. The van der Waals surface area contributed by atoms with Gasteiger partial charge in [0, 0.05) is 50.1 Å². The van der Waals surface area contributed by atoms with Crippen molar-refractivity contribution >= 4 is 40.7 Å². The number of amides is 3. The maximum absolute atomic E-state index is 14.1. The van der Waals surface area contributed by atoms with Gasteiger partial charge >= 0.3 is 0 Å². The average Bonchev–Trinajstić information content (AvgIpc) is 3.40. The number of carbonyl (C=O) groups is 3. The Hall–Kier alpha value is -4.25. The summed E-state index contributed by atoms with van der Waals surface area (Å²) in [5.74, 6) is -1.12. The van der Waals surface area contributed by atoms with Crippen molar-refractivity contribution in [3.63, 3.8) is 0 Å². The van der Waals surface area contributed by atoms with Gasteiger partial charge in [0.05, 0.1) is 36.6 Å². The Morgan fingerprint density at radius 1 is 1.02 bits per heavy atom. The number of benzene rings is 3. The van der Waals surface area contributed by atoms with Gasteiger partial charge in [0.15, 0.2) is 0 Å². The van der Waals surface area contributed by atoms with Crippen molar-refractivity contribution in [1.29, 1.82) is 0 Å². The Labute approximate surface area is 285 Å². The summed E-state index contributed by atoms with van der Waals surface area (Å²) in [5, 5.41) is 5.88. The number of morpholine rings is 1. The number of hydrogen-bond acceptors (Lipinski definition) is 6. The summed E-state index contributed by atoms with van der Waals surface area (Å²) in [6.07, 6.45) is 6.02. The van der Waals surface area contributed by atoms with Crippen molar-refractivity contribution in [1.82, 2.24) is 10.2 Å². The highest BCUT2D eigenvalue weighted by Crippen LogP contribution is 2.49. The third kappa shape index (κ3) is 7.72. The highest BCUT2D eigenvalue weighted by Gasteiger charge is 2.40. The fraction of sp³-hybridized carbons (Fsp3) is 0.378. The number of anilines is 2. The molecule has 1 saturated carbocycles. The van der Waals surface area contributed by atoms with Gasteiger partial charge in [0.2, 0.25) is 5.91 Å². The van der Waals surface area contributed by atoms with Crippen LogP contribution in [0.3, 0.4) is 0 Å². The van der Waals surface area contributed by atoms with E-state index in [0.29, 0.717) is 24.3 Å². The van der Waals surface area contributed by atoms with Crippen LogP contribution in [-0.2, 0) is 16.0 Å². The van der Waals surface area contributed by atoms with E-state index in [1.807, 2.05) is 23.1 Å². The molecule has 11 heteroatoms. The van der Waals surface area contributed by atoms with Gasteiger partial charge in [0.1, 0.15) is 11.6 Å². The third-order valence-corrected chi connectivity index (χ3v) is 9.90. The van der Waals surface area contributed by atoms with E-state index < -0.39 is 11.7 Å². The largest absolute Gasteiger partial charge is 0.495 e. The lowest BCUT2D eigenvalue weighted by atomic mass is 9.77. The standard InChI is InChI=1S/C37H40ClFN4O5/c1-47-33-21-26(6-9-31(33)41-35(45)29-22-28(39)7-8-30(29)38)36(46)43-14-12-37(24-27-4-2-3-5-32(27)43)11-10-25(23-37)20-34(44)40-13-15-42-16-18-48-19-17-42/h2-9,20-22H,10-19,23-24H2,1H3,(H,40,44)(H,41,45)/b25-20+/t37-/m1/s1. The molecule has 3 aromatic carbocycles. The monoisotopic (exact) mass is 674 g/mol. The zero-order valence-electron chi connectivity index (χ0n) is 27.0. The highest BCUT2D eigenvalue weighted by atomic mass is 35.5. The minimum Gasteiger partial charge on any atom is -0.495 e. The normalized spacial score (nSPS) is 20.3. The SMILES string of the molecule is COc1cc(C(=O)N2CC[C@@]3(CC/C(=C\C(=O)NCCN4CCOCC4)C3)Cc3ccccc32)ccc1NC(=O)c1cc(F)ccc1Cl. The first-order chi connectivity index (χ1) is 23.2. The van der Waals surface area contributed by atoms with E-state index in [1.54, 1.807) is 24.3 Å². The van der Waals surface area contributed by atoms with E-state index >= 15 is 0 Å². The van der Waals surface area contributed by atoms with Crippen LogP contribution in [-0.4, -0.2) is 75.7 Å². The number of para-hydroxylation sites is 1. The number of carbonyl (C=O) groups excluding carboxylic acids is 3. The second kappa shape index (κ2) is 14.9. The summed E-state index contributed by atoms with van der Waals surface area (Å²) >= 11 is 6.12. The Morgan fingerprint density at radius 2 is 1.83 bits per heavy atom. The molecular weight excluding hydrogens is 635 g/mol. The quantitative estimate of drug-likeness (QED) is 0.290. The summed E-state index contributed by atoms with van der Waals surface area (Å²) < 4.78 is 24.7. The smallest absolute Gasteiger partial charge is 0.258 e. The summed E-state index contributed by atoms with van der Waals surface area (Å²) in [7, 11) is 1.45. The van der Waals surface area contributed by atoms with Crippen molar-refractivity contribution < 1.29 is 28.2 Å². The molecule has 3 aromatic rings. The molecule has 3 aliphatic rings. The molecule has 2 N–H and O–H groups in total. The third-order valence-electron chi connectivity index (χ3n) is 9.57. The number of nitrogens with zero attached hydrogens (tertiary/aromatic N) is 2. The van der Waals surface area contributed by atoms with Crippen LogP contribution < -0.4 is 20.3 Å². The van der Waals surface area contributed by atoms with Crippen LogP contribution >= 0.6 is 11.6 Å². The summed E-state index contributed by atoms with van der Waals surface area (Å²) in [6, 6.07) is 16.4. The average molecular weight is 675 g/mol. The van der Waals surface area contributed by atoms with Gasteiger partial charge in [-0.1, -0.05) is 35.4 Å². The van der Waals surface area contributed by atoms with Crippen molar-refractivity contribution in [2.45, 2.75) is 32.1 Å². The molecule has 48 heavy (non-hydrogen) atoms. The van der Waals surface area contributed by atoms with Gasteiger partial charge in [-0.05, 0) is 85.5 Å². The first kappa shape index (κ1) is 33.6. The topological polar surface area (TPSA) is 100 Å². The molecule has 2 fully saturated rings. The molecule has 6 rings (SSSR count). The lowest BCUT2D eigenvalue weighted by Gasteiger charge is -2.27. The van der Waals surface area contributed by atoms with Crippen LogP contribution in [0.2, 0.25) is 5.02 Å². The van der Waals surface area contributed by atoms with Crippen LogP contribution in [0.1, 0.15) is 52.0 Å². The predicted molar refractivity (Wildman–Crippen MR) is 183 cm³/mol. The summed E-state index contributed by atoms with van der Waals surface area (Å²) in [4.78, 5) is 43.9. The number of allylic oxidation sites excluding steroid dienone is 1. The van der Waals surface area contributed by atoms with Gasteiger partial charge in [-0.25, -0.2) is 4.39 Å². The number of nitrogens with one attached hydrogen (secondary N) is 2. The molecule has 1 spiro atoms. The number of hydrogen-bond donors (Lipinski definition) is 2. The molecule has 0 bridgehead atoms. The number of rotatable bonds is 8. The van der Waals surface area contributed by atoms with Gasteiger partial charge < -0.3 is 25.0 Å². The molecule has 0 aromatic heterocycles. The Morgan fingerprint density at radius 3 is 2.65 bits per heavy atom. The maximum Gasteiger partial charge on any atom is 0.258 e. The van der Waals surface area contributed by atoms with E-state index in [1.165, 1.54) is 19.2 Å². The molecule has 2 aliphatic heterocycles. The van der Waals surface area contributed by atoms with Crippen molar-refractivity contribution in [3.05, 3.63) is 99.8 Å². The van der Waals surface area contributed by atoms with Crippen LogP contribution in [0.4, 0.5) is 15.8 Å². The highest BCUT2D eigenvalue weighted by molar-refractivity contribution is 6.34. The molecule has 3 amide bonds. The molecule has 9 nitrogen and oxygen atoms in total. The van der Waals surface area contributed by atoms with Crippen molar-refractivity contribution in [2.75, 3.05) is 63.3 Å². The van der Waals surface area contributed by atoms with E-state index in [0.717, 1.165) is 87.8 Å². The molecule has 2 heterocycles. The lowest BCUT2D eigenvalue weighted by Crippen LogP contribution is -2.41. The molecule has 0 unspecified atom stereocenters. The van der Waals surface area contributed by atoms with Crippen LogP contribution in [0.5, 0.6) is 5.75 Å². The number of halogens is 2. The van der Waals surface area contributed by atoms with Crippen LogP contribution in [0.25, 0.3) is 0 Å². The first-order valence-corrected chi connectivity index (χ1v) is 16.7. The predicted octanol–water partition coefficient (Wildman–Crippen LogP) is 5.88. The summed E-state index contributed by atoms with van der Waals surface area (Å²) in [5.41, 5.74) is 3.79. The van der Waals surface area contributed by atoms with Crippen molar-refractivity contribution in [3.8, 4) is 5.75 Å². The Balaban J connectivity index is 1.14. The second-order valence-corrected chi connectivity index (χ2v) is 13.1. The minimum absolute atomic E-state index is 0.0108. The minimum atomic E-state index is -0.598. The zero-order chi connectivity index (χ0) is 33.7. The lowest BCUT2D eigenvalue weighted by molar-refractivity contribution is -0.116. The maximum atomic E-state index is 14.1.